The number of aryl methyl sites for hydroxylation is 1. The van der Waals surface area contributed by atoms with Crippen molar-refractivity contribution in [2.24, 2.45) is 0 Å². The summed E-state index contributed by atoms with van der Waals surface area (Å²) < 4.78 is 0. The lowest BCUT2D eigenvalue weighted by molar-refractivity contribution is -0.384. The Morgan fingerprint density at radius 2 is 2.03 bits per heavy atom. The molecule has 0 radical (unpaired) electrons. The molecule has 2 aromatic carbocycles. The number of carbonyl (C=O) groups excluding carboxylic acids is 1. The SMILES string of the molecule is C#CCN(Cc1ccc2nc(C)[nH]c(=O)c2c1)c1ccc(C(=O)NCc2cccc([N+](=O)[O-])c2)nc1. The van der Waals surface area contributed by atoms with E-state index in [0.29, 0.717) is 41.1 Å². The van der Waals surface area contributed by atoms with Crippen molar-refractivity contribution in [3.63, 3.8) is 0 Å². The molecule has 0 aliphatic heterocycles. The molecule has 2 N–H and O–H groups in total. The first-order valence-corrected chi connectivity index (χ1v) is 11.0. The molecule has 0 spiro atoms. The van der Waals surface area contributed by atoms with Crippen LogP contribution in [0.3, 0.4) is 0 Å². The van der Waals surface area contributed by atoms with Crippen LogP contribution in [-0.2, 0) is 13.1 Å². The van der Waals surface area contributed by atoms with Gasteiger partial charge in [-0.05, 0) is 42.3 Å². The first-order valence-electron chi connectivity index (χ1n) is 11.0. The zero-order chi connectivity index (χ0) is 25.7. The molecule has 0 bridgehead atoms. The average molecular weight is 483 g/mol. The molecule has 10 heteroatoms. The van der Waals surface area contributed by atoms with E-state index in [-0.39, 0.29) is 23.5 Å². The molecule has 36 heavy (non-hydrogen) atoms. The van der Waals surface area contributed by atoms with Crippen LogP contribution in [0.25, 0.3) is 10.9 Å². The number of non-ortho nitro benzene ring substituents is 1. The van der Waals surface area contributed by atoms with Crippen molar-refractivity contribution in [3.05, 3.63) is 104 Å². The van der Waals surface area contributed by atoms with Crippen LogP contribution in [0.1, 0.15) is 27.4 Å². The molecule has 0 atom stereocenters. The number of nitrogens with zero attached hydrogens (tertiary/aromatic N) is 4. The van der Waals surface area contributed by atoms with Crippen LogP contribution in [0.15, 0.2) is 65.6 Å². The van der Waals surface area contributed by atoms with Gasteiger partial charge in [-0.1, -0.05) is 24.1 Å². The molecular formula is C26H22N6O4. The van der Waals surface area contributed by atoms with Crippen molar-refractivity contribution >= 4 is 28.2 Å². The van der Waals surface area contributed by atoms with Gasteiger partial charge in [-0.25, -0.2) is 9.97 Å². The monoisotopic (exact) mass is 482 g/mol. The molecule has 0 saturated carbocycles. The summed E-state index contributed by atoms with van der Waals surface area (Å²) in [6, 6.07) is 14.9. The van der Waals surface area contributed by atoms with Crippen LogP contribution in [-0.4, -0.2) is 32.3 Å². The number of carbonyl (C=O) groups is 1. The maximum Gasteiger partial charge on any atom is 0.270 e. The van der Waals surface area contributed by atoms with E-state index in [4.69, 9.17) is 6.42 Å². The van der Waals surface area contributed by atoms with Crippen molar-refractivity contribution in [2.75, 3.05) is 11.4 Å². The van der Waals surface area contributed by atoms with E-state index in [1.807, 2.05) is 11.0 Å². The van der Waals surface area contributed by atoms with Gasteiger partial charge in [0, 0.05) is 25.2 Å². The Hall–Kier alpha value is -5.04. The summed E-state index contributed by atoms with van der Waals surface area (Å²) in [5.74, 6) is 2.76. The number of nitrogens with one attached hydrogen (secondary N) is 2. The molecule has 4 aromatic rings. The van der Waals surface area contributed by atoms with Crippen molar-refractivity contribution in [3.8, 4) is 12.3 Å². The third-order valence-electron chi connectivity index (χ3n) is 5.46. The molecular weight excluding hydrogens is 460 g/mol. The predicted molar refractivity (Wildman–Crippen MR) is 135 cm³/mol. The number of nitro benzene ring substituents is 1. The standard InChI is InChI=1S/C26H22N6O4/c1-3-11-31(16-19-7-9-23-22(13-19)25(33)30-17(2)29-23)21-8-10-24(27-15-21)26(34)28-14-18-5-4-6-20(12-18)32(35)36/h1,4-10,12-13,15H,11,14,16H2,2H3,(H,28,34)(H,29,30,33). The van der Waals surface area contributed by atoms with Gasteiger partial charge in [-0.2, -0.15) is 0 Å². The summed E-state index contributed by atoms with van der Waals surface area (Å²) in [6.45, 7) is 2.57. The number of rotatable bonds is 8. The molecule has 0 aliphatic carbocycles. The zero-order valence-corrected chi connectivity index (χ0v) is 19.4. The fraction of sp³-hybridized carbons (Fsp3) is 0.154. The first-order chi connectivity index (χ1) is 17.3. The zero-order valence-electron chi connectivity index (χ0n) is 19.4. The normalized spacial score (nSPS) is 10.6. The third kappa shape index (κ3) is 5.53. The van der Waals surface area contributed by atoms with Crippen LogP contribution >= 0.6 is 0 Å². The Kier molecular flexibility index (Phi) is 7.02. The van der Waals surface area contributed by atoms with E-state index in [0.717, 1.165) is 5.56 Å². The minimum atomic E-state index is -0.485. The number of anilines is 1. The number of H-pyrrole nitrogens is 1. The van der Waals surface area contributed by atoms with Crippen LogP contribution in [0.5, 0.6) is 0 Å². The summed E-state index contributed by atoms with van der Waals surface area (Å²) in [4.78, 5) is 48.5. The fourth-order valence-corrected chi connectivity index (χ4v) is 3.73. The highest BCUT2D eigenvalue weighted by atomic mass is 16.6. The van der Waals surface area contributed by atoms with Crippen LogP contribution in [0.2, 0.25) is 0 Å². The maximum atomic E-state index is 12.5. The summed E-state index contributed by atoms with van der Waals surface area (Å²) in [5.41, 5.74) is 2.75. The van der Waals surface area contributed by atoms with Crippen LogP contribution in [0.4, 0.5) is 11.4 Å². The molecule has 4 rings (SSSR count). The number of fused-ring (bicyclic) bond motifs is 1. The Labute approximate surface area is 206 Å². The largest absolute Gasteiger partial charge is 0.355 e. The number of aromatic nitrogens is 3. The number of terminal acetylenes is 1. The highest BCUT2D eigenvalue weighted by molar-refractivity contribution is 5.92. The van der Waals surface area contributed by atoms with Gasteiger partial charge in [0.15, 0.2) is 0 Å². The van der Waals surface area contributed by atoms with Gasteiger partial charge in [0.25, 0.3) is 17.2 Å². The topological polar surface area (TPSA) is 134 Å². The molecule has 0 unspecified atom stereocenters. The molecule has 1 amide bonds. The van der Waals surface area contributed by atoms with Gasteiger partial charge < -0.3 is 15.2 Å². The quantitative estimate of drug-likeness (QED) is 0.224. The lowest BCUT2D eigenvalue weighted by atomic mass is 10.1. The van der Waals surface area contributed by atoms with Crippen molar-refractivity contribution in [2.45, 2.75) is 20.0 Å². The van der Waals surface area contributed by atoms with Gasteiger partial charge in [0.05, 0.1) is 34.3 Å². The van der Waals surface area contributed by atoms with Gasteiger partial charge in [0.2, 0.25) is 0 Å². The predicted octanol–water partition coefficient (Wildman–Crippen LogP) is 3.10. The van der Waals surface area contributed by atoms with Crippen molar-refractivity contribution in [1.82, 2.24) is 20.3 Å². The molecule has 180 valence electrons. The number of benzene rings is 2. The van der Waals surface area contributed by atoms with Crippen molar-refractivity contribution < 1.29 is 9.72 Å². The summed E-state index contributed by atoms with van der Waals surface area (Å²) >= 11 is 0. The van der Waals surface area contributed by atoms with Crippen LogP contribution < -0.4 is 15.8 Å². The molecule has 10 nitrogen and oxygen atoms in total. The van der Waals surface area contributed by atoms with E-state index in [9.17, 15) is 19.7 Å². The molecule has 0 fully saturated rings. The first kappa shape index (κ1) is 24.1. The highest BCUT2D eigenvalue weighted by Gasteiger charge is 2.13. The average Bonchev–Trinajstić information content (AvgIpc) is 2.87. The van der Waals surface area contributed by atoms with Crippen LogP contribution in [0, 0.1) is 29.4 Å². The molecule has 2 aromatic heterocycles. The molecule has 0 aliphatic rings. The van der Waals surface area contributed by atoms with Crippen molar-refractivity contribution in [1.29, 1.82) is 0 Å². The van der Waals surface area contributed by atoms with E-state index >= 15 is 0 Å². The van der Waals surface area contributed by atoms with Gasteiger partial charge in [0.1, 0.15) is 11.5 Å². The minimum Gasteiger partial charge on any atom is -0.355 e. The summed E-state index contributed by atoms with van der Waals surface area (Å²) in [7, 11) is 0. The van der Waals surface area contributed by atoms with Gasteiger partial charge in [-0.3, -0.25) is 19.7 Å². The van der Waals surface area contributed by atoms with Gasteiger partial charge >= 0.3 is 0 Å². The number of pyridine rings is 1. The Bertz CT molecular complexity index is 1540. The van der Waals surface area contributed by atoms with E-state index in [1.165, 1.54) is 12.1 Å². The third-order valence-corrected chi connectivity index (χ3v) is 5.46. The number of hydrogen-bond donors (Lipinski definition) is 2. The Morgan fingerprint density at radius 1 is 1.19 bits per heavy atom. The summed E-state index contributed by atoms with van der Waals surface area (Å²) in [6.07, 6.45) is 7.12. The number of hydrogen-bond acceptors (Lipinski definition) is 7. The molecule has 2 heterocycles. The van der Waals surface area contributed by atoms with E-state index in [1.54, 1.807) is 49.5 Å². The highest BCUT2D eigenvalue weighted by Crippen LogP contribution is 2.19. The maximum absolute atomic E-state index is 12.5. The number of nitro groups is 1. The lowest BCUT2D eigenvalue weighted by Crippen LogP contribution is -2.25. The second-order valence-electron chi connectivity index (χ2n) is 8.07. The second kappa shape index (κ2) is 10.5. The fourth-order valence-electron chi connectivity index (χ4n) is 3.73. The molecule has 0 saturated heterocycles. The Balaban J connectivity index is 1.46. The summed E-state index contributed by atoms with van der Waals surface area (Å²) in [5, 5.41) is 14.1. The van der Waals surface area contributed by atoms with E-state index in [2.05, 4.69) is 26.2 Å². The number of aromatic amines is 1. The van der Waals surface area contributed by atoms with E-state index < -0.39 is 10.8 Å². The number of amides is 1. The smallest absolute Gasteiger partial charge is 0.270 e. The van der Waals surface area contributed by atoms with Gasteiger partial charge in [-0.15, -0.1) is 6.42 Å². The Morgan fingerprint density at radius 3 is 2.75 bits per heavy atom. The minimum absolute atomic E-state index is 0.0415. The second-order valence-corrected chi connectivity index (χ2v) is 8.07. The lowest BCUT2D eigenvalue weighted by Gasteiger charge is -2.22.